The lowest BCUT2D eigenvalue weighted by Gasteiger charge is -2.14. The second-order valence-corrected chi connectivity index (χ2v) is 4.52. The van der Waals surface area contributed by atoms with Gasteiger partial charge in [-0.25, -0.2) is 4.98 Å². The second-order valence-electron chi connectivity index (χ2n) is 3.67. The number of nitrogens with one attached hydrogen (secondary N) is 1. The number of nitrogen functional groups attached to an aromatic ring is 1. The Hall–Kier alpha value is -1.54. The summed E-state index contributed by atoms with van der Waals surface area (Å²) in [5.74, 6) is 5.67. The summed E-state index contributed by atoms with van der Waals surface area (Å²) in [6.07, 6.45) is -4.55. The van der Waals surface area contributed by atoms with Crippen LogP contribution in [0, 0.1) is 0 Å². The lowest BCUT2D eigenvalue weighted by molar-refractivity contribution is -0.140. The predicted octanol–water partition coefficient (Wildman–Crippen LogP) is 3.31. The number of alkyl halides is 3. The van der Waals surface area contributed by atoms with Crippen LogP contribution >= 0.6 is 15.9 Å². The number of anilines is 1. The molecule has 0 bridgehead atoms. The zero-order valence-electron chi connectivity index (χ0n) is 9.68. The topological polar surface area (TPSA) is 60.2 Å². The van der Waals surface area contributed by atoms with Crippen molar-refractivity contribution in [1.82, 2.24) is 4.98 Å². The quantitative estimate of drug-likeness (QED) is 0.653. The zero-order valence-corrected chi connectivity index (χ0v) is 11.3. The Morgan fingerprint density at radius 3 is 2.58 bits per heavy atom. The molecule has 0 spiro atoms. The highest BCUT2D eigenvalue weighted by Crippen LogP contribution is 2.39. The predicted molar refractivity (Wildman–Crippen MR) is 68.8 cm³/mol. The van der Waals surface area contributed by atoms with E-state index in [4.69, 9.17) is 10.6 Å². The molecule has 0 fully saturated rings. The smallest absolute Gasteiger partial charge is 0.433 e. The van der Waals surface area contributed by atoms with Gasteiger partial charge in [0, 0.05) is 4.47 Å². The van der Waals surface area contributed by atoms with Crippen molar-refractivity contribution in [3.8, 4) is 5.75 Å². The van der Waals surface area contributed by atoms with E-state index in [1.54, 1.807) is 12.1 Å². The van der Waals surface area contributed by atoms with Crippen molar-refractivity contribution in [2.45, 2.75) is 6.18 Å². The number of hydrogen-bond acceptors (Lipinski definition) is 4. The van der Waals surface area contributed by atoms with Crippen molar-refractivity contribution in [3.05, 3.63) is 28.4 Å². The molecule has 1 heterocycles. The number of aromatic nitrogens is 1. The van der Waals surface area contributed by atoms with Gasteiger partial charge in [0.1, 0.15) is 11.4 Å². The van der Waals surface area contributed by atoms with Gasteiger partial charge in [0.05, 0.1) is 23.7 Å². The van der Waals surface area contributed by atoms with Crippen LogP contribution in [0.15, 0.2) is 22.7 Å². The highest BCUT2D eigenvalue weighted by atomic mass is 79.9. The van der Waals surface area contributed by atoms with Gasteiger partial charge in [-0.2, -0.15) is 13.2 Å². The Morgan fingerprint density at radius 2 is 2.05 bits per heavy atom. The molecule has 3 N–H and O–H groups in total. The molecule has 2 rings (SSSR count). The lowest BCUT2D eigenvalue weighted by Crippen LogP contribution is -2.13. The van der Waals surface area contributed by atoms with Crippen LogP contribution in [0.2, 0.25) is 0 Å². The average molecular weight is 336 g/mol. The summed E-state index contributed by atoms with van der Waals surface area (Å²) in [7, 11) is 1.42. The van der Waals surface area contributed by atoms with Gasteiger partial charge < -0.3 is 10.2 Å². The van der Waals surface area contributed by atoms with E-state index in [0.29, 0.717) is 15.6 Å². The number of halogens is 4. The molecule has 0 aliphatic rings. The molecule has 0 saturated carbocycles. The van der Waals surface area contributed by atoms with E-state index in [0.717, 1.165) is 6.07 Å². The molecule has 0 saturated heterocycles. The van der Waals surface area contributed by atoms with Crippen molar-refractivity contribution < 1.29 is 17.9 Å². The van der Waals surface area contributed by atoms with Gasteiger partial charge in [0.25, 0.3) is 0 Å². The third-order valence-corrected chi connectivity index (χ3v) is 3.18. The summed E-state index contributed by atoms with van der Waals surface area (Å²) in [6.45, 7) is 0. The van der Waals surface area contributed by atoms with Crippen molar-refractivity contribution in [2.75, 3.05) is 12.5 Å². The minimum atomic E-state index is -4.55. The summed E-state index contributed by atoms with van der Waals surface area (Å²) in [5, 5.41) is 0.382. The van der Waals surface area contributed by atoms with Gasteiger partial charge >= 0.3 is 6.18 Å². The van der Waals surface area contributed by atoms with Crippen molar-refractivity contribution in [3.63, 3.8) is 0 Å². The summed E-state index contributed by atoms with van der Waals surface area (Å²) in [4.78, 5) is 3.62. The van der Waals surface area contributed by atoms with E-state index in [1.807, 2.05) is 0 Å². The van der Waals surface area contributed by atoms with Crippen LogP contribution < -0.4 is 16.0 Å². The van der Waals surface area contributed by atoms with Gasteiger partial charge in [0.15, 0.2) is 0 Å². The second kappa shape index (κ2) is 4.86. The summed E-state index contributed by atoms with van der Waals surface area (Å²) in [5.41, 5.74) is 1.44. The summed E-state index contributed by atoms with van der Waals surface area (Å²) < 4.78 is 43.8. The summed E-state index contributed by atoms with van der Waals surface area (Å²) >= 11 is 3.17. The van der Waals surface area contributed by atoms with Gasteiger partial charge in [-0.1, -0.05) is 0 Å². The molecule has 0 atom stereocenters. The van der Waals surface area contributed by atoms with Gasteiger partial charge in [-0.3, -0.25) is 5.84 Å². The molecule has 102 valence electrons. The standard InChI is InChI=1S/C11H9BrF3N3O/c1-19-7-3-2-5(12)10-9(7)6(18-16)4-8(17-10)11(13,14)15/h2-4H,16H2,1H3,(H,17,18). The molecule has 19 heavy (non-hydrogen) atoms. The zero-order chi connectivity index (χ0) is 14.2. The minimum Gasteiger partial charge on any atom is -0.496 e. The lowest BCUT2D eigenvalue weighted by atomic mass is 10.1. The summed E-state index contributed by atoms with van der Waals surface area (Å²) in [6, 6.07) is 4.02. The van der Waals surface area contributed by atoms with E-state index in [9.17, 15) is 13.2 Å². The highest BCUT2D eigenvalue weighted by Gasteiger charge is 2.34. The molecular weight excluding hydrogens is 327 g/mol. The largest absolute Gasteiger partial charge is 0.496 e. The molecule has 1 aromatic heterocycles. The van der Waals surface area contributed by atoms with Gasteiger partial charge in [-0.15, -0.1) is 0 Å². The third kappa shape index (κ3) is 2.45. The maximum atomic E-state index is 12.8. The number of hydrogen-bond donors (Lipinski definition) is 2. The molecule has 2 aromatic rings. The first-order chi connectivity index (χ1) is 8.88. The first-order valence-electron chi connectivity index (χ1n) is 5.09. The number of ether oxygens (including phenoxy) is 1. The SMILES string of the molecule is COc1ccc(Br)c2nc(C(F)(F)F)cc(NN)c12. The normalized spacial score (nSPS) is 11.7. The van der Waals surface area contributed by atoms with Crippen molar-refractivity contribution in [1.29, 1.82) is 0 Å². The molecule has 0 amide bonds. The fraction of sp³-hybridized carbons (Fsp3) is 0.182. The van der Waals surface area contributed by atoms with Crippen LogP contribution in [0.25, 0.3) is 10.9 Å². The fourth-order valence-corrected chi connectivity index (χ4v) is 2.13. The van der Waals surface area contributed by atoms with Crippen LogP contribution in [-0.2, 0) is 6.18 Å². The van der Waals surface area contributed by atoms with Crippen LogP contribution in [0.3, 0.4) is 0 Å². The number of benzene rings is 1. The number of rotatable bonds is 2. The highest BCUT2D eigenvalue weighted by molar-refractivity contribution is 9.10. The van der Waals surface area contributed by atoms with E-state index >= 15 is 0 Å². The molecule has 1 aromatic carbocycles. The molecule has 0 unspecified atom stereocenters. The van der Waals surface area contributed by atoms with E-state index in [-0.39, 0.29) is 11.2 Å². The van der Waals surface area contributed by atoms with E-state index < -0.39 is 11.9 Å². The van der Waals surface area contributed by atoms with Gasteiger partial charge in [-0.05, 0) is 34.1 Å². The van der Waals surface area contributed by atoms with Crippen LogP contribution in [-0.4, -0.2) is 12.1 Å². The van der Waals surface area contributed by atoms with Crippen molar-refractivity contribution in [2.24, 2.45) is 5.84 Å². The maximum absolute atomic E-state index is 12.8. The van der Waals surface area contributed by atoms with Gasteiger partial charge in [0.2, 0.25) is 0 Å². The number of nitrogens with two attached hydrogens (primary N) is 1. The van der Waals surface area contributed by atoms with E-state index in [1.165, 1.54) is 7.11 Å². The molecule has 0 aliphatic carbocycles. The van der Waals surface area contributed by atoms with Crippen molar-refractivity contribution >= 4 is 32.5 Å². The monoisotopic (exact) mass is 335 g/mol. The number of pyridine rings is 1. The first-order valence-corrected chi connectivity index (χ1v) is 5.89. The minimum absolute atomic E-state index is 0.0930. The number of nitrogens with zero attached hydrogens (tertiary/aromatic N) is 1. The van der Waals surface area contributed by atoms with Crippen LogP contribution in [0.4, 0.5) is 18.9 Å². The first kappa shape index (κ1) is 13.9. The van der Waals surface area contributed by atoms with E-state index in [2.05, 4.69) is 26.3 Å². The Labute approximate surface area is 114 Å². The third-order valence-electron chi connectivity index (χ3n) is 2.54. The Balaban J connectivity index is 2.88. The maximum Gasteiger partial charge on any atom is 0.433 e. The number of fused-ring (bicyclic) bond motifs is 1. The molecular formula is C11H9BrF3N3O. The van der Waals surface area contributed by atoms with Crippen LogP contribution in [0.5, 0.6) is 5.75 Å². The average Bonchev–Trinajstić information content (AvgIpc) is 2.37. The molecule has 8 heteroatoms. The Kier molecular flexibility index (Phi) is 3.55. The number of methoxy groups -OCH3 is 1. The van der Waals surface area contributed by atoms with Crippen LogP contribution in [0.1, 0.15) is 5.69 Å². The molecule has 0 aliphatic heterocycles. The Bertz CT molecular complexity index is 631. The fourth-order valence-electron chi connectivity index (χ4n) is 1.71. The molecule has 4 nitrogen and oxygen atoms in total. The Morgan fingerprint density at radius 1 is 1.37 bits per heavy atom. The molecule has 0 radical (unpaired) electrons. The number of hydrazine groups is 1.